The molecule has 0 bridgehead atoms. The van der Waals surface area contributed by atoms with Crippen LogP contribution in [0.4, 0.5) is 5.69 Å². The maximum atomic E-state index is 4.36. The van der Waals surface area contributed by atoms with Crippen molar-refractivity contribution in [2.45, 2.75) is 26.8 Å². The fourth-order valence-corrected chi connectivity index (χ4v) is 2.23. The molecule has 0 aliphatic rings. The maximum absolute atomic E-state index is 4.36. The van der Waals surface area contributed by atoms with Gasteiger partial charge in [0.15, 0.2) is 0 Å². The summed E-state index contributed by atoms with van der Waals surface area (Å²) in [5.74, 6) is 0. The summed E-state index contributed by atoms with van der Waals surface area (Å²) in [5, 5.41) is 4.48. The average Bonchev–Trinajstić information content (AvgIpc) is 2.74. The fraction of sp³-hybridized carbons (Fsp3) is 0.333. The summed E-state index contributed by atoms with van der Waals surface area (Å²) >= 11 is 1.77. The molecule has 3 nitrogen and oxygen atoms in total. The molecule has 0 saturated heterocycles. The first-order chi connectivity index (χ1) is 7.78. The zero-order chi connectivity index (χ0) is 11.4. The van der Waals surface area contributed by atoms with Crippen molar-refractivity contribution < 1.29 is 0 Å². The summed E-state index contributed by atoms with van der Waals surface area (Å²) in [6.07, 6.45) is 4.84. The Morgan fingerprint density at radius 2 is 2.25 bits per heavy atom. The number of thiazole rings is 1. The first kappa shape index (κ1) is 11.1. The van der Waals surface area contributed by atoms with E-state index in [4.69, 9.17) is 0 Å². The molecule has 0 aliphatic heterocycles. The van der Waals surface area contributed by atoms with E-state index in [9.17, 15) is 0 Å². The molecule has 0 unspecified atom stereocenters. The average molecular weight is 233 g/mol. The van der Waals surface area contributed by atoms with Crippen LogP contribution in [0.2, 0.25) is 0 Å². The largest absolute Gasteiger partial charge is 0.378 e. The van der Waals surface area contributed by atoms with Crippen molar-refractivity contribution in [2.75, 3.05) is 5.32 Å². The lowest BCUT2D eigenvalue weighted by molar-refractivity contribution is 1.09. The SMILES string of the molecule is CCc1cnc(CNc2ccnc(C)c2)s1. The Labute approximate surface area is 99.6 Å². The van der Waals surface area contributed by atoms with Crippen molar-refractivity contribution in [1.82, 2.24) is 9.97 Å². The van der Waals surface area contributed by atoms with E-state index in [0.29, 0.717) is 0 Å². The molecule has 0 fully saturated rings. The highest BCUT2D eigenvalue weighted by molar-refractivity contribution is 7.11. The van der Waals surface area contributed by atoms with Gasteiger partial charge >= 0.3 is 0 Å². The van der Waals surface area contributed by atoms with Crippen LogP contribution >= 0.6 is 11.3 Å². The topological polar surface area (TPSA) is 37.8 Å². The zero-order valence-electron chi connectivity index (χ0n) is 9.53. The summed E-state index contributed by atoms with van der Waals surface area (Å²) in [6.45, 7) is 4.93. The molecule has 2 aromatic heterocycles. The molecule has 1 N–H and O–H groups in total. The fourth-order valence-electron chi connectivity index (χ4n) is 1.43. The number of nitrogens with zero attached hydrogens (tertiary/aromatic N) is 2. The number of nitrogens with one attached hydrogen (secondary N) is 1. The lowest BCUT2D eigenvalue weighted by Crippen LogP contribution is -1.99. The van der Waals surface area contributed by atoms with Crippen LogP contribution in [0.3, 0.4) is 0 Å². The summed E-state index contributed by atoms with van der Waals surface area (Å²) in [5.41, 5.74) is 2.12. The minimum Gasteiger partial charge on any atom is -0.378 e. The van der Waals surface area contributed by atoms with Crippen LogP contribution in [0.25, 0.3) is 0 Å². The van der Waals surface area contributed by atoms with E-state index in [0.717, 1.165) is 29.4 Å². The van der Waals surface area contributed by atoms with E-state index < -0.39 is 0 Å². The Bertz CT molecular complexity index is 465. The third-order valence-electron chi connectivity index (χ3n) is 2.29. The van der Waals surface area contributed by atoms with E-state index in [2.05, 4.69) is 22.2 Å². The van der Waals surface area contributed by atoms with E-state index >= 15 is 0 Å². The van der Waals surface area contributed by atoms with Crippen molar-refractivity contribution in [3.05, 3.63) is 40.1 Å². The number of anilines is 1. The maximum Gasteiger partial charge on any atom is 0.112 e. The van der Waals surface area contributed by atoms with Gasteiger partial charge < -0.3 is 5.32 Å². The van der Waals surface area contributed by atoms with Crippen LogP contribution in [-0.4, -0.2) is 9.97 Å². The lowest BCUT2D eigenvalue weighted by atomic mass is 10.3. The van der Waals surface area contributed by atoms with E-state index in [1.165, 1.54) is 4.88 Å². The predicted molar refractivity (Wildman–Crippen MR) is 67.8 cm³/mol. The molecule has 4 heteroatoms. The van der Waals surface area contributed by atoms with Crippen LogP contribution in [0.1, 0.15) is 22.5 Å². The van der Waals surface area contributed by atoms with Gasteiger partial charge in [0.25, 0.3) is 0 Å². The van der Waals surface area contributed by atoms with Crippen molar-refractivity contribution in [3.63, 3.8) is 0 Å². The van der Waals surface area contributed by atoms with Gasteiger partial charge in [0.05, 0.1) is 6.54 Å². The van der Waals surface area contributed by atoms with Gasteiger partial charge in [0.2, 0.25) is 0 Å². The Morgan fingerprint density at radius 1 is 1.38 bits per heavy atom. The van der Waals surface area contributed by atoms with Gasteiger partial charge in [-0.2, -0.15) is 0 Å². The van der Waals surface area contributed by atoms with Gasteiger partial charge in [0.1, 0.15) is 5.01 Å². The van der Waals surface area contributed by atoms with E-state index in [1.807, 2.05) is 31.5 Å². The van der Waals surface area contributed by atoms with Crippen molar-refractivity contribution >= 4 is 17.0 Å². The Kier molecular flexibility index (Phi) is 3.51. The highest BCUT2D eigenvalue weighted by atomic mass is 32.1. The lowest BCUT2D eigenvalue weighted by Gasteiger charge is -2.03. The Morgan fingerprint density at radius 3 is 2.94 bits per heavy atom. The van der Waals surface area contributed by atoms with E-state index in [1.54, 1.807) is 11.3 Å². The van der Waals surface area contributed by atoms with Crippen LogP contribution in [-0.2, 0) is 13.0 Å². The molecular formula is C12H15N3S. The third-order valence-corrected chi connectivity index (χ3v) is 3.43. The molecule has 2 rings (SSSR count). The monoisotopic (exact) mass is 233 g/mol. The van der Waals surface area contributed by atoms with Crippen LogP contribution < -0.4 is 5.32 Å². The van der Waals surface area contributed by atoms with Gasteiger partial charge in [-0.15, -0.1) is 11.3 Å². The molecule has 0 amide bonds. The normalized spacial score (nSPS) is 10.4. The van der Waals surface area contributed by atoms with Crippen LogP contribution in [0, 0.1) is 6.92 Å². The molecule has 0 aliphatic carbocycles. The molecule has 2 heterocycles. The number of rotatable bonds is 4. The number of aromatic nitrogens is 2. The van der Waals surface area contributed by atoms with Gasteiger partial charge in [-0.3, -0.25) is 4.98 Å². The first-order valence-electron chi connectivity index (χ1n) is 5.38. The first-order valence-corrected chi connectivity index (χ1v) is 6.19. The highest BCUT2D eigenvalue weighted by Gasteiger charge is 2.00. The summed E-state index contributed by atoms with van der Waals surface area (Å²) < 4.78 is 0. The van der Waals surface area contributed by atoms with Crippen molar-refractivity contribution in [2.24, 2.45) is 0 Å². The van der Waals surface area contributed by atoms with Crippen LogP contribution in [0.15, 0.2) is 24.5 Å². The van der Waals surface area contributed by atoms with Crippen LogP contribution in [0.5, 0.6) is 0 Å². The number of hydrogen-bond donors (Lipinski definition) is 1. The quantitative estimate of drug-likeness (QED) is 0.882. The second-order valence-electron chi connectivity index (χ2n) is 3.61. The molecule has 0 aromatic carbocycles. The van der Waals surface area contributed by atoms with Gasteiger partial charge in [0, 0.05) is 28.7 Å². The molecule has 2 aromatic rings. The number of aryl methyl sites for hydroxylation is 2. The zero-order valence-corrected chi connectivity index (χ0v) is 10.3. The van der Waals surface area contributed by atoms with Gasteiger partial charge in [-0.25, -0.2) is 4.98 Å². The summed E-state index contributed by atoms with van der Waals surface area (Å²) in [4.78, 5) is 9.86. The summed E-state index contributed by atoms with van der Waals surface area (Å²) in [6, 6.07) is 4.01. The third kappa shape index (κ3) is 2.79. The predicted octanol–water partition coefficient (Wildman–Crippen LogP) is 3.02. The molecule has 0 saturated carbocycles. The minimum absolute atomic E-state index is 0.786. The van der Waals surface area contributed by atoms with Crippen molar-refractivity contribution in [3.8, 4) is 0 Å². The molecular weight excluding hydrogens is 218 g/mol. The van der Waals surface area contributed by atoms with E-state index in [-0.39, 0.29) is 0 Å². The highest BCUT2D eigenvalue weighted by Crippen LogP contribution is 2.15. The minimum atomic E-state index is 0.786. The molecule has 0 spiro atoms. The molecule has 0 atom stereocenters. The molecule has 0 radical (unpaired) electrons. The second-order valence-corrected chi connectivity index (χ2v) is 4.81. The number of hydrogen-bond acceptors (Lipinski definition) is 4. The van der Waals surface area contributed by atoms with Gasteiger partial charge in [-0.05, 0) is 25.5 Å². The summed E-state index contributed by atoms with van der Waals surface area (Å²) in [7, 11) is 0. The molecule has 84 valence electrons. The Balaban J connectivity index is 1.96. The smallest absolute Gasteiger partial charge is 0.112 e. The standard InChI is InChI=1S/C12H15N3S/c1-3-11-7-15-12(16-11)8-14-10-4-5-13-9(2)6-10/h4-7H,3,8H2,1-2H3,(H,13,14). The molecule has 16 heavy (non-hydrogen) atoms. The number of pyridine rings is 1. The Hall–Kier alpha value is -1.42. The van der Waals surface area contributed by atoms with Crippen molar-refractivity contribution in [1.29, 1.82) is 0 Å². The second kappa shape index (κ2) is 5.07. The van der Waals surface area contributed by atoms with Gasteiger partial charge in [-0.1, -0.05) is 6.92 Å².